The molecule has 1 atom stereocenters. The molecule has 0 saturated carbocycles. The molecule has 4 heterocycles. The number of fused-ring (bicyclic) bond motifs is 2. The molecule has 0 bridgehead atoms. The molecule has 0 amide bonds. The van der Waals surface area contributed by atoms with E-state index in [0.717, 1.165) is 34.9 Å². The van der Waals surface area contributed by atoms with Crippen molar-refractivity contribution >= 4 is 21.6 Å². The minimum atomic E-state index is -0.953. The molecule has 0 aromatic carbocycles. The summed E-state index contributed by atoms with van der Waals surface area (Å²) in [6.07, 6.45) is -0.0427. The number of aromatic nitrogens is 4. The van der Waals surface area contributed by atoms with Crippen LogP contribution in [-0.4, -0.2) is 48.0 Å². The van der Waals surface area contributed by atoms with Gasteiger partial charge >= 0.3 is 0 Å². The van der Waals surface area contributed by atoms with E-state index >= 15 is 0 Å². The fraction of sp³-hybridized carbons (Fsp3) is 0.471. The summed E-state index contributed by atoms with van der Waals surface area (Å²) in [5.74, 6) is 0.660. The summed E-state index contributed by atoms with van der Waals surface area (Å²) in [5.41, 5.74) is 1.38. The van der Waals surface area contributed by atoms with Crippen LogP contribution in [0.1, 0.15) is 34.6 Å². The summed E-state index contributed by atoms with van der Waals surface area (Å²) < 4.78 is 1.89. The van der Waals surface area contributed by atoms with Gasteiger partial charge in [-0.05, 0) is 25.5 Å². The van der Waals surface area contributed by atoms with Gasteiger partial charge < -0.3 is 15.2 Å². The second-order valence-electron chi connectivity index (χ2n) is 6.63. The molecule has 4 rings (SSSR count). The van der Waals surface area contributed by atoms with Gasteiger partial charge in [0.1, 0.15) is 16.8 Å². The highest BCUT2D eigenvalue weighted by atomic mass is 32.1. The maximum Gasteiger partial charge on any atom is 0.259 e. The standard InChI is InChI=1S/C17H21N5O3S/c1-10-5-12-16(25)18-15(19-17(12)26-10)8-21-3-2-4-22-11(7-21)6-13(20-22)14(24)9-23/h5-6,14,23-24H,2-4,7-9H2,1H3,(H,18,19,25)/t14-/m0/s1. The van der Waals surface area contributed by atoms with Crippen LogP contribution in [0.2, 0.25) is 0 Å². The number of hydrogen-bond acceptors (Lipinski definition) is 7. The highest BCUT2D eigenvalue weighted by molar-refractivity contribution is 7.18. The van der Waals surface area contributed by atoms with E-state index in [-0.39, 0.29) is 12.2 Å². The Kier molecular flexibility index (Phi) is 4.62. The van der Waals surface area contributed by atoms with Crippen LogP contribution in [-0.2, 0) is 19.6 Å². The monoisotopic (exact) mass is 375 g/mol. The summed E-state index contributed by atoms with van der Waals surface area (Å²) in [4.78, 5) is 23.8. The van der Waals surface area contributed by atoms with Crippen LogP contribution < -0.4 is 5.56 Å². The molecule has 0 saturated heterocycles. The second-order valence-corrected chi connectivity index (χ2v) is 7.87. The second kappa shape index (κ2) is 6.92. The Morgan fingerprint density at radius 1 is 1.38 bits per heavy atom. The van der Waals surface area contributed by atoms with Crippen molar-refractivity contribution in [3.8, 4) is 0 Å². The minimum Gasteiger partial charge on any atom is -0.393 e. The molecule has 0 unspecified atom stereocenters. The predicted octanol–water partition coefficient (Wildman–Crippen LogP) is 0.921. The van der Waals surface area contributed by atoms with Crippen LogP contribution in [0.4, 0.5) is 0 Å². The lowest BCUT2D eigenvalue weighted by Crippen LogP contribution is -2.25. The lowest BCUT2D eigenvalue weighted by Gasteiger charge is -2.18. The van der Waals surface area contributed by atoms with Gasteiger partial charge in [-0.25, -0.2) is 4.98 Å². The van der Waals surface area contributed by atoms with E-state index in [1.807, 2.05) is 23.7 Å². The fourth-order valence-corrected chi connectivity index (χ4v) is 4.22. The third kappa shape index (κ3) is 3.30. The van der Waals surface area contributed by atoms with Crippen molar-refractivity contribution in [2.75, 3.05) is 13.2 Å². The highest BCUT2D eigenvalue weighted by Crippen LogP contribution is 2.21. The minimum absolute atomic E-state index is 0.0948. The first-order valence-corrected chi connectivity index (χ1v) is 9.42. The van der Waals surface area contributed by atoms with Gasteiger partial charge in [0.2, 0.25) is 0 Å². The van der Waals surface area contributed by atoms with Crippen LogP contribution in [0.15, 0.2) is 16.9 Å². The number of aliphatic hydroxyl groups is 2. The molecular weight excluding hydrogens is 354 g/mol. The summed E-state index contributed by atoms with van der Waals surface area (Å²) in [6.45, 7) is 4.45. The Hall–Kier alpha value is -2.07. The van der Waals surface area contributed by atoms with Crippen LogP contribution in [0.3, 0.4) is 0 Å². The van der Waals surface area contributed by atoms with Crippen molar-refractivity contribution in [1.29, 1.82) is 0 Å². The van der Waals surface area contributed by atoms with Gasteiger partial charge in [0.25, 0.3) is 5.56 Å². The van der Waals surface area contributed by atoms with Gasteiger partial charge in [-0.15, -0.1) is 11.3 Å². The average Bonchev–Trinajstić information content (AvgIpc) is 3.12. The van der Waals surface area contributed by atoms with Gasteiger partial charge in [-0.3, -0.25) is 14.4 Å². The van der Waals surface area contributed by atoms with E-state index in [9.17, 15) is 9.90 Å². The van der Waals surface area contributed by atoms with E-state index in [1.54, 1.807) is 0 Å². The summed E-state index contributed by atoms with van der Waals surface area (Å²) in [7, 11) is 0. The SMILES string of the molecule is Cc1cc2c(=O)[nH]c(CN3CCCn4nc([C@@H](O)CO)cc4C3)nc2s1. The van der Waals surface area contributed by atoms with E-state index < -0.39 is 6.10 Å². The van der Waals surface area contributed by atoms with E-state index in [2.05, 4.69) is 20.0 Å². The predicted molar refractivity (Wildman–Crippen MR) is 98.0 cm³/mol. The largest absolute Gasteiger partial charge is 0.393 e. The number of nitrogens with zero attached hydrogens (tertiary/aromatic N) is 4. The maximum atomic E-state index is 12.3. The maximum absolute atomic E-state index is 12.3. The molecule has 3 N–H and O–H groups in total. The zero-order valence-corrected chi connectivity index (χ0v) is 15.3. The molecule has 0 aliphatic carbocycles. The fourth-order valence-electron chi connectivity index (χ4n) is 3.33. The number of rotatable bonds is 4. The highest BCUT2D eigenvalue weighted by Gasteiger charge is 2.20. The summed E-state index contributed by atoms with van der Waals surface area (Å²) in [6, 6.07) is 3.70. The molecule has 0 spiro atoms. The molecule has 8 nitrogen and oxygen atoms in total. The normalized spacial score (nSPS) is 16.6. The Balaban J connectivity index is 1.57. The van der Waals surface area contributed by atoms with Gasteiger partial charge in [-0.1, -0.05) is 0 Å². The van der Waals surface area contributed by atoms with Crippen LogP contribution in [0.25, 0.3) is 10.2 Å². The van der Waals surface area contributed by atoms with Crippen LogP contribution >= 0.6 is 11.3 Å². The topological polar surface area (TPSA) is 107 Å². The van der Waals surface area contributed by atoms with Gasteiger partial charge in [0.05, 0.1) is 29.9 Å². The molecule has 3 aromatic rings. The molecule has 0 radical (unpaired) electrons. The smallest absolute Gasteiger partial charge is 0.259 e. The Morgan fingerprint density at radius 3 is 3.04 bits per heavy atom. The molecule has 138 valence electrons. The number of aliphatic hydroxyl groups excluding tert-OH is 2. The zero-order valence-electron chi connectivity index (χ0n) is 14.5. The van der Waals surface area contributed by atoms with Crippen LogP contribution in [0.5, 0.6) is 0 Å². The first kappa shape index (κ1) is 17.3. The molecule has 3 aromatic heterocycles. The molecule has 1 aliphatic heterocycles. The average molecular weight is 375 g/mol. The Labute approximate surface area is 153 Å². The van der Waals surface area contributed by atoms with Crippen molar-refractivity contribution in [3.63, 3.8) is 0 Å². The number of H-pyrrole nitrogens is 1. The van der Waals surface area contributed by atoms with Gasteiger partial charge in [-0.2, -0.15) is 5.10 Å². The number of nitrogens with one attached hydrogen (secondary N) is 1. The van der Waals surface area contributed by atoms with Gasteiger partial charge in [0, 0.05) is 24.5 Å². The quantitative estimate of drug-likeness (QED) is 0.626. The first-order chi connectivity index (χ1) is 12.5. The van der Waals surface area contributed by atoms with Crippen molar-refractivity contribution in [2.45, 2.75) is 39.1 Å². The molecule has 0 fully saturated rings. The van der Waals surface area contributed by atoms with Crippen molar-refractivity contribution in [2.24, 2.45) is 0 Å². The first-order valence-electron chi connectivity index (χ1n) is 8.60. The van der Waals surface area contributed by atoms with Crippen LogP contribution in [0, 0.1) is 6.92 Å². The molecule has 26 heavy (non-hydrogen) atoms. The number of aromatic amines is 1. The number of thiophene rings is 1. The third-order valence-corrected chi connectivity index (χ3v) is 5.52. The van der Waals surface area contributed by atoms with Gasteiger partial charge in [0.15, 0.2) is 0 Å². The van der Waals surface area contributed by atoms with E-state index in [1.165, 1.54) is 11.3 Å². The lowest BCUT2D eigenvalue weighted by atomic mass is 10.2. The van der Waals surface area contributed by atoms with Crippen molar-refractivity contribution in [3.05, 3.63) is 44.6 Å². The van der Waals surface area contributed by atoms with E-state index in [0.29, 0.717) is 30.0 Å². The Morgan fingerprint density at radius 2 is 2.23 bits per heavy atom. The lowest BCUT2D eigenvalue weighted by molar-refractivity contribution is 0.0916. The molecule has 9 heteroatoms. The summed E-state index contributed by atoms with van der Waals surface area (Å²) in [5, 5.41) is 23.9. The zero-order chi connectivity index (χ0) is 18.3. The number of hydrogen-bond donors (Lipinski definition) is 3. The Bertz CT molecular complexity index is 992. The van der Waals surface area contributed by atoms with Crippen molar-refractivity contribution in [1.82, 2.24) is 24.6 Å². The third-order valence-electron chi connectivity index (χ3n) is 4.57. The molecular formula is C17H21N5O3S. The van der Waals surface area contributed by atoms with Crippen molar-refractivity contribution < 1.29 is 10.2 Å². The number of aryl methyl sites for hydroxylation is 2. The van der Waals surface area contributed by atoms with E-state index in [4.69, 9.17) is 5.11 Å². The summed E-state index contributed by atoms with van der Waals surface area (Å²) >= 11 is 1.53. The molecule has 1 aliphatic rings.